The highest BCUT2D eigenvalue weighted by molar-refractivity contribution is 9.10. The SMILES string of the molecule is COc1cc(Br)cc(C=NN2C(=O)[C@@H]3[C@H](C2=O)[C@H]2C=C[C@H]3C2)c1O. The van der Waals surface area contributed by atoms with E-state index in [1.165, 1.54) is 13.3 Å². The van der Waals surface area contributed by atoms with Crippen LogP contribution in [0.1, 0.15) is 12.0 Å². The molecular weight excluding hydrogens is 376 g/mol. The van der Waals surface area contributed by atoms with E-state index in [0.29, 0.717) is 10.0 Å². The van der Waals surface area contributed by atoms with E-state index in [1.54, 1.807) is 12.1 Å². The molecule has 1 aromatic carbocycles. The number of fused-ring (bicyclic) bond motifs is 5. The second kappa shape index (κ2) is 5.44. The Hall–Kier alpha value is -2.15. The first-order valence-electron chi connectivity index (χ1n) is 7.68. The van der Waals surface area contributed by atoms with E-state index in [-0.39, 0.29) is 47.0 Å². The van der Waals surface area contributed by atoms with Crippen LogP contribution in [-0.2, 0) is 9.59 Å². The molecule has 1 heterocycles. The van der Waals surface area contributed by atoms with Gasteiger partial charge in [0.25, 0.3) is 11.8 Å². The molecule has 1 saturated heterocycles. The summed E-state index contributed by atoms with van der Waals surface area (Å²) in [7, 11) is 1.44. The number of hydrazone groups is 1. The average Bonchev–Trinajstić information content (AvgIpc) is 3.23. The van der Waals surface area contributed by atoms with Gasteiger partial charge in [0, 0.05) is 10.0 Å². The van der Waals surface area contributed by atoms with Gasteiger partial charge in [-0.05, 0) is 30.4 Å². The summed E-state index contributed by atoms with van der Waals surface area (Å²) < 4.78 is 5.77. The molecule has 4 rings (SSSR count). The van der Waals surface area contributed by atoms with Crippen molar-refractivity contribution in [2.45, 2.75) is 6.42 Å². The Morgan fingerprint density at radius 2 is 1.88 bits per heavy atom. The fourth-order valence-corrected chi connectivity index (χ4v) is 4.42. The first-order chi connectivity index (χ1) is 11.5. The van der Waals surface area contributed by atoms with Gasteiger partial charge in [-0.25, -0.2) is 0 Å². The Bertz CT molecular complexity index is 774. The lowest BCUT2D eigenvalue weighted by Gasteiger charge is -2.13. The molecule has 2 fully saturated rings. The number of hydrogen-bond donors (Lipinski definition) is 1. The van der Waals surface area contributed by atoms with Gasteiger partial charge < -0.3 is 9.84 Å². The molecule has 2 aliphatic carbocycles. The van der Waals surface area contributed by atoms with Crippen molar-refractivity contribution < 1.29 is 19.4 Å². The van der Waals surface area contributed by atoms with E-state index in [4.69, 9.17) is 4.74 Å². The maximum atomic E-state index is 12.5. The maximum Gasteiger partial charge on any atom is 0.254 e. The Morgan fingerprint density at radius 3 is 2.46 bits per heavy atom. The molecule has 0 spiro atoms. The van der Waals surface area contributed by atoms with Crippen molar-refractivity contribution in [2.75, 3.05) is 7.11 Å². The summed E-state index contributed by atoms with van der Waals surface area (Å²) in [5.41, 5.74) is 0.361. The zero-order valence-electron chi connectivity index (χ0n) is 12.8. The number of phenols is 1. The molecule has 0 aromatic heterocycles. The number of benzene rings is 1. The van der Waals surface area contributed by atoms with E-state index >= 15 is 0 Å². The van der Waals surface area contributed by atoms with Crippen LogP contribution in [0.3, 0.4) is 0 Å². The third kappa shape index (κ3) is 2.11. The number of imide groups is 1. The predicted molar refractivity (Wildman–Crippen MR) is 89.5 cm³/mol. The number of allylic oxidation sites excluding steroid dienone is 2. The second-order valence-corrected chi connectivity index (χ2v) is 7.19. The van der Waals surface area contributed by atoms with Crippen molar-refractivity contribution in [2.24, 2.45) is 28.8 Å². The molecule has 124 valence electrons. The zero-order valence-corrected chi connectivity index (χ0v) is 14.4. The minimum atomic E-state index is -0.282. The smallest absolute Gasteiger partial charge is 0.254 e. The highest BCUT2D eigenvalue weighted by Crippen LogP contribution is 2.52. The molecule has 1 saturated carbocycles. The van der Waals surface area contributed by atoms with Crippen molar-refractivity contribution in [3.63, 3.8) is 0 Å². The number of amides is 2. The van der Waals surface area contributed by atoms with Crippen molar-refractivity contribution in [1.29, 1.82) is 0 Å². The molecular formula is C17H15BrN2O4. The number of nitrogens with zero attached hydrogens (tertiary/aromatic N) is 2. The molecule has 0 unspecified atom stereocenters. The quantitative estimate of drug-likeness (QED) is 0.487. The van der Waals surface area contributed by atoms with Crippen molar-refractivity contribution in [3.8, 4) is 11.5 Å². The third-order valence-electron chi connectivity index (χ3n) is 5.05. The lowest BCUT2D eigenvalue weighted by Crippen LogP contribution is -2.28. The average molecular weight is 391 g/mol. The molecule has 7 heteroatoms. The van der Waals surface area contributed by atoms with Gasteiger partial charge in [0.1, 0.15) is 0 Å². The highest BCUT2D eigenvalue weighted by atomic mass is 79.9. The van der Waals surface area contributed by atoms with Gasteiger partial charge in [-0.2, -0.15) is 10.1 Å². The Balaban J connectivity index is 1.63. The van der Waals surface area contributed by atoms with Gasteiger partial charge >= 0.3 is 0 Å². The molecule has 0 radical (unpaired) electrons. The molecule has 1 N–H and O–H groups in total. The maximum absolute atomic E-state index is 12.5. The summed E-state index contributed by atoms with van der Waals surface area (Å²) in [6, 6.07) is 3.26. The summed E-state index contributed by atoms with van der Waals surface area (Å²) in [5, 5.41) is 15.1. The van der Waals surface area contributed by atoms with Gasteiger partial charge in [-0.1, -0.05) is 28.1 Å². The number of carbonyl (C=O) groups excluding carboxylic acids is 2. The Kier molecular flexibility index (Phi) is 3.49. The van der Waals surface area contributed by atoms with Gasteiger partial charge in [0.2, 0.25) is 0 Å². The van der Waals surface area contributed by atoms with Crippen LogP contribution in [-0.4, -0.2) is 35.3 Å². The number of halogens is 1. The molecule has 1 aliphatic heterocycles. The zero-order chi connectivity index (χ0) is 17.0. The standard InChI is InChI=1S/C17H15BrN2O4/c1-24-12-6-11(18)5-10(15(12)21)7-19-20-16(22)13-8-2-3-9(4-8)14(13)17(20)23/h2-3,5-9,13-14,21H,4H2,1H3/t8-,9-,13-,14+/m0/s1. The van der Waals surface area contributed by atoms with E-state index in [1.807, 2.05) is 12.2 Å². The van der Waals surface area contributed by atoms with E-state index in [0.717, 1.165) is 11.4 Å². The molecule has 1 aromatic rings. The number of carbonyl (C=O) groups is 2. The number of methoxy groups -OCH3 is 1. The summed E-state index contributed by atoms with van der Waals surface area (Å²) in [6.45, 7) is 0. The Morgan fingerprint density at radius 1 is 1.25 bits per heavy atom. The molecule has 6 nitrogen and oxygen atoms in total. The van der Waals surface area contributed by atoms with Crippen LogP contribution in [0.2, 0.25) is 0 Å². The fraction of sp³-hybridized carbons (Fsp3) is 0.353. The normalized spacial score (nSPS) is 30.7. The van der Waals surface area contributed by atoms with Crippen LogP contribution in [0.4, 0.5) is 0 Å². The molecule has 3 aliphatic rings. The van der Waals surface area contributed by atoms with Gasteiger partial charge in [-0.15, -0.1) is 0 Å². The molecule has 24 heavy (non-hydrogen) atoms. The number of aromatic hydroxyl groups is 1. The van der Waals surface area contributed by atoms with Gasteiger partial charge in [0.05, 0.1) is 25.2 Å². The van der Waals surface area contributed by atoms with Crippen LogP contribution in [0.5, 0.6) is 11.5 Å². The number of hydrogen-bond acceptors (Lipinski definition) is 5. The lowest BCUT2D eigenvalue weighted by atomic mass is 9.85. The topological polar surface area (TPSA) is 79.2 Å². The minimum Gasteiger partial charge on any atom is -0.504 e. The number of phenolic OH excluding ortho intramolecular Hbond substituents is 1. The second-order valence-electron chi connectivity index (χ2n) is 6.28. The van der Waals surface area contributed by atoms with Crippen molar-refractivity contribution in [1.82, 2.24) is 5.01 Å². The Labute approximate surface area is 146 Å². The predicted octanol–water partition coefficient (Wildman–Crippen LogP) is 2.30. The van der Waals surface area contributed by atoms with Crippen molar-refractivity contribution >= 4 is 34.0 Å². The first kappa shape index (κ1) is 15.4. The van der Waals surface area contributed by atoms with E-state index in [9.17, 15) is 14.7 Å². The van der Waals surface area contributed by atoms with Crippen LogP contribution in [0.15, 0.2) is 33.9 Å². The summed E-state index contributed by atoms with van der Waals surface area (Å²) in [5.74, 6) is -0.578. The third-order valence-corrected chi connectivity index (χ3v) is 5.51. The van der Waals surface area contributed by atoms with Crippen LogP contribution in [0.25, 0.3) is 0 Å². The van der Waals surface area contributed by atoms with Crippen LogP contribution < -0.4 is 4.74 Å². The lowest BCUT2D eigenvalue weighted by molar-refractivity contribution is -0.140. The van der Waals surface area contributed by atoms with E-state index in [2.05, 4.69) is 21.0 Å². The number of rotatable bonds is 3. The molecule has 2 amide bonds. The molecule has 4 atom stereocenters. The van der Waals surface area contributed by atoms with Gasteiger partial charge in [-0.3, -0.25) is 9.59 Å². The van der Waals surface area contributed by atoms with E-state index < -0.39 is 0 Å². The molecule has 2 bridgehead atoms. The van der Waals surface area contributed by atoms with Crippen molar-refractivity contribution in [3.05, 3.63) is 34.3 Å². The number of ether oxygens (including phenoxy) is 1. The highest BCUT2D eigenvalue weighted by Gasteiger charge is 2.59. The summed E-state index contributed by atoms with van der Waals surface area (Å²) in [6.07, 6.45) is 6.27. The van der Waals surface area contributed by atoms with Gasteiger partial charge in [0.15, 0.2) is 11.5 Å². The largest absolute Gasteiger partial charge is 0.504 e. The van der Waals surface area contributed by atoms with Crippen LogP contribution in [0, 0.1) is 23.7 Å². The van der Waals surface area contributed by atoms with Crippen LogP contribution >= 0.6 is 15.9 Å². The minimum absolute atomic E-state index is 0.0922. The summed E-state index contributed by atoms with van der Waals surface area (Å²) >= 11 is 3.32. The summed E-state index contributed by atoms with van der Waals surface area (Å²) in [4.78, 5) is 25.1. The monoisotopic (exact) mass is 390 g/mol. The first-order valence-corrected chi connectivity index (χ1v) is 8.47. The fourth-order valence-electron chi connectivity index (χ4n) is 3.97.